The Hall–Kier alpha value is -2.43. The third-order valence-electron chi connectivity index (χ3n) is 3.29. The molecule has 0 aliphatic rings. The lowest BCUT2D eigenvalue weighted by molar-refractivity contribution is 0.674. The molecule has 0 spiro atoms. The summed E-state index contributed by atoms with van der Waals surface area (Å²) in [4.78, 5) is 18.2. The zero-order chi connectivity index (χ0) is 13.9. The number of imidazole rings is 1. The van der Waals surface area contributed by atoms with Gasteiger partial charge in [0.05, 0.1) is 6.33 Å². The van der Waals surface area contributed by atoms with E-state index in [-0.39, 0.29) is 0 Å². The highest BCUT2D eigenvalue weighted by atomic mass is 15.2. The second-order valence-corrected chi connectivity index (χ2v) is 5.01. The first-order valence-corrected chi connectivity index (χ1v) is 6.70. The molecular weight excluding hydrogens is 250 g/mol. The number of aromatic amines is 1. The summed E-state index contributed by atoms with van der Waals surface area (Å²) < 4.78 is 0. The van der Waals surface area contributed by atoms with Crippen LogP contribution in [0.5, 0.6) is 0 Å². The number of rotatable bonds is 4. The van der Waals surface area contributed by atoms with Gasteiger partial charge in [0.15, 0.2) is 11.5 Å². The number of aromatic nitrogens is 4. The van der Waals surface area contributed by atoms with E-state index in [0.29, 0.717) is 11.7 Å². The van der Waals surface area contributed by atoms with Crippen LogP contribution in [0.25, 0.3) is 11.2 Å². The maximum absolute atomic E-state index is 4.44. The summed E-state index contributed by atoms with van der Waals surface area (Å²) in [5.41, 5.74) is 2.85. The van der Waals surface area contributed by atoms with Crippen molar-refractivity contribution in [2.24, 2.45) is 0 Å². The highest BCUT2D eigenvalue weighted by Gasteiger charge is 2.17. The quantitative estimate of drug-likeness (QED) is 0.789. The van der Waals surface area contributed by atoms with Crippen LogP contribution < -0.4 is 4.90 Å². The van der Waals surface area contributed by atoms with E-state index in [2.05, 4.69) is 62.9 Å². The van der Waals surface area contributed by atoms with E-state index < -0.39 is 0 Å². The SMILES string of the molecule is CC(C)N(Cc1ccccc1)c1ncnc2nc[nH]c12. The van der Waals surface area contributed by atoms with Gasteiger partial charge in [0.1, 0.15) is 11.8 Å². The maximum Gasteiger partial charge on any atom is 0.182 e. The predicted molar refractivity (Wildman–Crippen MR) is 79.4 cm³/mol. The number of nitrogens with zero attached hydrogens (tertiary/aromatic N) is 4. The van der Waals surface area contributed by atoms with Crippen molar-refractivity contribution in [2.45, 2.75) is 26.4 Å². The predicted octanol–water partition coefficient (Wildman–Crippen LogP) is 2.77. The molecule has 2 heterocycles. The average molecular weight is 267 g/mol. The van der Waals surface area contributed by atoms with Crippen molar-refractivity contribution in [3.05, 3.63) is 48.5 Å². The molecule has 5 nitrogen and oxygen atoms in total. The van der Waals surface area contributed by atoms with Gasteiger partial charge in [0, 0.05) is 12.6 Å². The average Bonchev–Trinajstić information content (AvgIpc) is 2.94. The van der Waals surface area contributed by atoms with Crippen molar-refractivity contribution < 1.29 is 0 Å². The van der Waals surface area contributed by atoms with Crippen LogP contribution in [0.1, 0.15) is 19.4 Å². The minimum Gasteiger partial charge on any atom is -0.348 e. The second kappa shape index (κ2) is 5.28. The number of fused-ring (bicyclic) bond motifs is 1. The smallest absolute Gasteiger partial charge is 0.182 e. The Morgan fingerprint density at radius 3 is 2.65 bits per heavy atom. The first kappa shape index (κ1) is 12.6. The van der Waals surface area contributed by atoms with Crippen LogP contribution in [-0.4, -0.2) is 26.0 Å². The van der Waals surface area contributed by atoms with Gasteiger partial charge in [-0.2, -0.15) is 0 Å². The van der Waals surface area contributed by atoms with Crippen molar-refractivity contribution in [2.75, 3.05) is 4.90 Å². The Bertz CT molecular complexity index is 690. The summed E-state index contributed by atoms with van der Waals surface area (Å²) in [6.07, 6.45) is 3.22. The van der Waals surface area contributed by atoms with Crippen LogP contribution in [-0.2, 0) is 6.54 Å². The number of hydrogen-bond donors (Lipinski definition) is 1. The Morgan fingerprint density at radius 1 is 1.10 bits per heavy atom. The molecule has 0 radical (unpaired) electrons. The summed E-state index contributed by atoms with van der Waals surface area (Å²) in [7, 11) is 0. The molecule has 0 unspecified atom stereocenters. The van der Waals surface area contributed by atoms with Crippen molar-refractivity contribution >= 4 is 17.0 Å². The van der Waals surface area contributed by atoms with Gasteiger partial charge in [-0.05, 0) is 19.4 Å². The van der Waals surface area contributed by atoms with Gasteiger partial charge < -0.3 is 9.88 Å². The molecule has 2 aromatic heterocycles. The summed E-state index contributed by atoms with van der Waals surface area (Å²) in [6, 6.07) is 10.7. The van der Waals surface area contributed by atoms with E-state index in [4.69, 9.17) is 0 Å². The van der Waals surface area contributed by atoms with Crippen molar-refractivity contribution in [1.82, 2.24) is 19.9 Å². The fourth-order valence-corrected chi connectivity index (χ4v) is 2.25. The first-order chi connectivity index (χ1) is 9.75. The largest absolute Gasteiger partial charge is 0.348 e. The third-order valence-corrected chi connectivity index (χ3v) is 3.29. The van der Waals surface area contributed by atoms with Crippen LogP contribution in [0.3, 0.4) is 0 Å². The van der Waals surface area contributed by atoms with Crippen molar-refractivity contribution in [3.63, 3.8) is 0 Å². The summed E-state index contributed by atoms with van der Waals surface area (Å²) >= 11 is 0. The van der Waals surface area contributed by atoms with E-state index in [9.17, 15) is 0 Å². The van der Waals surface area contributed by atoms with Gasteiger partial charge in [0.2, 0.25) is 0 Å². The topological polar surface area (TPSA) is 57.7 Å². The summed E-state index contributed by atoms with van der Waals surface area (Å²) in [5.74, 6) is 0.895. The summed E-state index contributed by atoms with van der Waals surface area (Å²) in [6.45, 7) is 5.13. The lowest BCUT2D eigenvalue weighted by Gasteiger charge is -2.28. The Morgan fingerprint density at radius 2 is 1.90 bits per heavy atom. The van der Waals surface area contributed by atoms with E-state index in [1.807, 2.05) is 6.07 Å². The maximum atomic E-state index is 4.44. The molecule has 0 fully saturated rings. The minimum atomic E-state index is 0.330. The number of nitrogens with one attached hydrogen (secondary N) is 1. The van der Waals surface area contributed by atoms with E-state index >= 15 is 0 Å². The molecule has 0 saturated heterocycles. The second-order valence-electron chi connectivity index (χ2n) is 5.01. The van der Waals surface area contributed by atoms with Crippen LogP contribution in [0.4, 0.5) is 5.82 Å². The number of hydrogen-bond acceptors (Lipinski definition) is 4. The molecule has 3 aromatic rings. The summed E-state index contributed by atoms with van der Waals surface area (Å²) in [5, 5.41) is 0. The minimum absolute atomic E-state index is 0.330. The molecule has 0 bridgehead atoms. The van der Waals surface area contributed by atoms with Gasteiger partial charge in [-0.25, -0.2) is 15.0 Å². The monoisotopic (exact) mass is 267 g/mol. The highest BCUT2D eigenvalue weighted by molar-refractivity contribution is 5.82. The molecule has 0 amide bonds. The van der Waals surface area contributed by atoms with Gasteiger partial charge >= 0.3 is 0 Å². The number of H-pyrrole nitrogens is 1. The highest BCUT2D eigenvalue weighted by Crippen LogP contribution is 2.23. The third kappa shape index (κ3) is 2.34. The Balaban J connectivity index is 2.00. The van der Waals surface area contributed by atoms with Crippen LogP contribution >= 0.6 is 0 Å². The molecule has 1 aromatic carbocycles. The molecule has 102 valence electrons. The molecule has 0 aliphatic heterocycles. The van der Waals surface area contributed by atoms with E-state index in [1.54, 1.807) is 12.7 Å². The molecule has 3 rings (SSSR count). The van der Waals surface area contributed by atoms with Crippen molar-refractivity contribution in [1.29, 1.82) is 0 Å². The number of anilines is 1. The van der Waals surface area contributed by atoms with Gasteiger partial charge in [-0.1, -0.05) is 30.3 Å². The van der Waals surface area contributed by atoms with Crippen LogP contribution in [0.2, 0.25) is 0 Å². The fourth-order valence-electron chi connectivity index (χ4n) is 2.25. The molecule has 0 atom stereocenters. The van der Waals surface area contributed by atoms with E-state index in [0.717, 1.165) is 17.9 Å². The molecule has 0 aliphatic carbocycles. The van der Waals surface area contributed by atoms with Gasteiger partial charge in [-0.15, -0.1) is 0 Å². The zero-order valence-electron chi connectivity index (χ0n) is 11.6. The molecular formula is C15H17N5. The standard InChI is InChI=1S/C15H17N5/c1-11(2)20(8-12-6-4-3-5-7-12)15-13-14(17-9-16-13)18-10-19-15/h3-7,9-11H,8H2,1-2H3,(H,16,17,18,19). The lowest BCUT2D eigenvalue weighted by atomic mass is 10.2. The van der Waals surface area contributed by atoms with Crippen LogP contribution in [0, 0.1) is 0 Å². The normalized spacial score (nSPS) is 11.2. The van der Waals surface area contributed by atoms with Crippen molar-refractivity contribution in [3.8, 4) is 0 Å². The van der Waals surface area contributed by atoms with Gasteiger partial charge in [0.25, 0.3) is 0 Å². The molecule has 5 heteroatoms. The van der Waals surface area contributed by atoms with Crippen LogP contribution in [0.15, 0.2) is 43.0 Å². The molecule has 1 N–H and O–H groups in total. The van der Waals surface area contributed by atoms with Gasteiger partial charge in [-0.3, -0.25) is 0 Å². The van der Waals surface area contributed by atoms with E-state index in [1.165, 1.54) is 5.56 Å². The number of benzene rings is 1. The Labute approximate surface area is 117 Å². The molecule has 0 saturated carbocycles. The first-order valence-electron chi connectivity index (χ1n) is 6.70. The molecule has 20 heavy (non-hydrogen) atoms. The Kier molecular flexibility index (Phi) is 3.33. The zero-order valence-corrected chi connectivity index (χ0v) is 11.6. The lowest BCUT2D eigenvalue weighted by Crippen LogP contribution is -2.31. The fraction of sp³-hybridized carbons (Fsp3) is 0.267.